The zero-order chi connectivity index (χ0) is 20.8. The molecule has 29 heavy (non-hydrogen) atoms. The first-order chi connectivity index (χ1) is 14.0. The van der Waals surface area contributed by atoms with E-state index in [1.807, 2.05) is 30.3 Å². The molecule has 2 amide bonds. The van der Waals surface area contributed by atoms with E-state index in [2.05, 4.69) is 12.2 Å². The summed E-state index contributed by atoms with van der Waals surface area (Å²) in [5, 5.41) is 3.27. The molecule has 0 unspecified atom stereocenters. The molecule has 152 valence electrons. The SMILES string of the molecule is CCc1ccc(NC(=O)COC(=O)[C@@H]2CC(=O)N(Cc3ccccc3Cl)C2)cc1. The van der Waals surface area contributed by atoms with Crippen LogP contribution in [0, 0.1) is 5.92 Å². The van der Waals surface area contributed by atoms with Crippen molar-refractivity contribution in [3.8, 4) is 0 Å². The van der Waals surface area contributed by atoms with Crippen molar-refractivity contribution in [2.24, 2.45) is 5.92 Å². The third kappa shape index (κ3) is 5.57. The summed E-state index contributed by atoms with van der Waals surface area (Å²) >= 11 is 6.14. The summed E-state index contributed by atoms with van der Waals surface area (Å²) in [5.74, 6) is -1.68. The molecule has 2 aromatic carbocycles. The molecule has 6 nitrogen and oxygen atoms in total. The zero-order valence-electron chi connectivity index (χ0n) is 16.2. The van der Waals surface area contributed by atoms with Crippen molar-refractivity contribution in [2.75, 3.05) is 18.5 Å². The Hall–Kier alpha value is -2.86. The van der Waals surface area contributed by atoms with E-state index in [4.69, 9.17) is 16.3 Å². The number of rotatable bonds is 7. The minimum Gasteiger partial charge on any atom is -0.455 e. The number of hydrogen-bond acceptors (Lipinski definition) is 4. The van der Waals surface area contributed by atoms with Crippen LogP contribution in [0.2, 0.25) is 5.02 Å². The summed E-state index contributed by atoms with van der Waals surface area (Å²) in [6, 6.07) is 14.7. The second kappa shape index (κ2) is 9.56. The fourth-order valence-corrected chi connectivity index (χ4v) is 3.39. The summed E-state index contributed by atoms with van der Waals surface area (Å²) in [6.07, 6.45) is 0.989. The van der Waals surface area contributed by atoms with Gasteiger partial charge in [-0.25, -0.2) is 0 Å². The van der Waals surface area contributed by atoms with Gasteiger partial charge in [0.05, 0.1) is 5.92 Å². The molecule has 1 N–H and O–H groups in total. The minimum absolute atomic E-state index is 0.0728. The molecular weight excluding hydrogens is 392 g/mol. The minimum atomic E-state index is -0.582. The summed E-state index contributed by atoms with van der Waals surface area (Å²) < 4.78 is 5.12. The smallest absolute Gasteiger partial charge is 0.311 e. The molecule has 0 aliphatic carbocycles. The van der Waals surface area contributed by atoms with E-state index in [1.165, 1.54) is 5.56 Å². The van der Waals surface area contributed by atoms with Crippen LogP contribution in [-0.4, -0.2) is 35.8 Å². The van der Waals surface area contributed by atoms with Gasteiger partial charge in [-0.3, -0.25) is 14.4 Å². The van der Waals surface area contributed by atoms with E-state index in [-0.39, 0.29) is 25.5 Å². The van der Waals surface area contributed by atoms with Gasteiger partial charge >= 0.3 is 5.97 Å². The van der Waals surface area contributed by atoms with Crippen LogP contribution in [0.5, 0.6) is 0 Å². The molecule has 0 aromatic heterocycles. The lowest BCUT2D eigenvalue weighted by Crippen LogP contribution is -2.28. The van der Waals surface area contributed by atoms with Crippen molar-refractivity contribution < 1.29 is 19.1 Å². The van der Waals surface area contributed by atoms with Crippen molar-refractivity contribution in [3.63, 3.8) is 0 Å². The maximum Gasteiger partial charge on any atom is 0.311 e. The monoisotopic (exact) mass is 414 g/mol. The van der Waals surface area contributed by atoms with E-state index >= 15 is 0 Å². The first-order valence-electron chi connectivity index (χ1n) is 9.53. The van der Waals surface area contributed by atoms with Gasteiger partial charge in [-0.15, -0.1) is 0 Å². The Morgan fingerprint density at radius 3 is 2.59 bits per heavy atom. The van der Waals surface area contributed by atoms with Gasteiger partial charge in [0, 0.05) is 30.2 Å². The van der Waals surface area contributed by atoms with Gasteiger partial charge in [0.25, 0.3) is 5.91 Å². The van der Waals surface area contributed by atoms with E-state index < -0.39 is 17.8 Å². The second-order valence-electron chi connectivity index (χ2n) is 6.97. The Balaban J connectivity index is 1.47. The molecule has 1 aliphatic heterocycles. The van der Waals surface area contributed by atoms with Crippen LogP contribution in [0.3, 0.4) is 0 Å². The number of hydrogen-bond donors (Lipinski definition) is 1. The number of halogens is 1. The molecule has 0 radical (unpaired) electrons. The molecular formula is C22H23ClN2O4. The molecule has 0 spiro atoms. The van der Waals surface area contributed by atoms with Gasteiger partial charge in [0.1, 0.15) is 0 Å². The summed E-state index contributed by atoms with van der Waals surface area (Å²) in [4.78, 5) is 38.1. The Morgan fingerprint density at radius 1 is 1.17 bits per heavy atom. The number of carbonyl (C=O) groups excluding carboxylic acids is 3. The topological polar surface area (TPSA) is 75.7 Å². The lowest BCUT2D eigenvalue weighted by molar-refractivity contribution is -0.151. The number of nitrogens with one attached hydrogen (secondary N) is 1. The van der Waals surface area contributed by atoms with Gasteiger partial charge in [-0.2, -0.15) is 0 Å². The van der Waals surface area contributed by atoms with Crippen molar-refractivity contribution in [2.45, 2.75) is 26.3 Å². The van der Waals surface area contributed by atoms with Crippen molar-refractivity contribution in [1.29, 1.82) is 0 Å². The fraction of sp³-hybridized carbons (Fsp3) is 0.318. The second-order valence-corrected chi connectivity index (χ2v) is 7.38. The molecule has 1 aliphatic rings. The fourth-order valence-electron chi connectivity index (χ4n) is 3.19. The lowest BCUT2D eigenvalue weighted by atomic mass is 10.1. The van der Waals surface area contributed by atoms with E-state index in [0.29, 0.717) is 17.3 Å². The molecule has 7 heteroatoms. The maximum absolute atomic E-state index is 12.3. The van der Waals surface area contributed by atoms with Gasteiger partial charge in [-0.05, 0) is 35.7 Å². The number of ether oxygens (including phenoxy) is 1. The first kappa shape index (κ1) is 20.9. The number of anilines is 1. The normalized spacial score (nSPS) is 16.0. The molecule has 1 saturated heterocycles. The molecule has 3 rings (SSSR count). The largest absolute Gasteiger partial charge is 0.455 e. The molecule has 0 bridgehead atoms. The molecule has 1 heterocycles. The third-order valence-electron chi connectivity index (χ3n) is 4.86. The Labute approximate surface area is 174 Å². The van der Waals surface area contributed by atoms with E-state index in [9.17, 15) is 14.4 Å². The van der Waals surface area contributed by atoms with Crippen LogP contribution in [-0.2, 0) is 32.1 Å². The molecule has 2 aromatic rings. The van der Waals surface area contributed by atoms with Crippen LogP contribution < -0.4 is 5.32 Å². The third-order valence-corrected chi connectivity index (χ3v) is 5.23. The van der Waals surface area contributed by atoms with Crippen LogP contribution in [0.25, 0.3) is 0 Å². The number of amides is 2. The quantitative estimate of drug-likeness (QED) is 0.704. The predicted molar refractivity (Wildman–Crippen MR) is 110 cm³/mol. The van der Waals surface area contributed by atoms with Gasteiger partial charge in [-0.1, -0.05) is 48.9 Å². The van der Waals surface area contributed by atoms with Gasteiger partial charge in [0.2, 0.25) is 5.91 Å². The van der Waals surface area contributed by atoms with Gasteiger partial charge < -0.3 is 15.0 Å². The predicted octanol–water partition coefficient (Wildman–Crippen LogP) is 3.43. The number of nitrogens with zero attached hydrogens (tertiary/aromatic N) is 1. The summed E-state index contributed by atoms with van der Waals surface area (Å²) in [7, 11) is 0. The Morgan fingerprint density at radius 2 is 1.90 bits per heavy atom. The van der Waals surface area contributed by atoms with Crippen LogP contribution in [0.1, 0.15) is 24.5 Å². The van der Waals surface area contributed by atoms with Crippen LogP contribution in [0.15, 0.2) is 48.5 Å². The average Bonchev–Trinajstić information content (AvgIpc) is 3.09. The summed E-state index contributed by atoms with van der Waals surface area (Å²) in [5.41, 5.74) is 2.64. The highest BCUT2D eigenvalue weighted by atomic mass is 35.5. The van der Waals surface area contributed by atoms with E-state index in [0.717, 1.165) is 12.0 Å². The number of likely N-dealkylation sites (tertiary alicyclic amines) is 1. The number of benzene rings is 2. The van der Waals surface area contributed by atoms with Crippen LogP contribution >= 0.6 is 11.6 Å². The Bertz CT molecular complexity index is 898. The van der Waals surface area contributed by atoms with E-state index in [1.54, 1.807) is 23.1 Å². The molecule has 1 atom stereocenters. The maximum atomic E-state index is 12.3. The first-order valence-corrected chi connectivity index (χ1v) is 9.90. The van der Waals surface area contributed by atoms with Crippen molar-refractivity contribution >= 4 is 35.1 Å². The molecule has 0 saturated carbocycles. The highest BCUT2D eigenvalue weighted by Crippen LogP contribution is 2.24. The van der Waals surface area contributed by atoms with Crippen molar-refractivity contribution in [1.82, 2.24) is 4.90 Å². The lowest BCUT2D eigenvalue weighted by Gasteiger charge is -2.17. The molecule has 1 fully saturated rings. The number of carbonyl (C=O) groups is 3. The highest BCUT2D eigenvalue weighted by Gasteiger charge is 2.35. The van der Waals surface area contributed by atoms with Crippen molar-refractivity contribution in [3.05, 3.63) is 64.7 Å². The zero-order valence-corrected chi connectivity index (χ0v) is 16.9. The number of esters is 1. The standard InChI is InChI=1S/C22H23ClN2O4/c1-2-15-7-9-18(10-8-15)24-20(26)14-29-22(28)17-11-21(27)25(13-17)12-16-5-3-4-6-19(16)23/h3-10,17H,2,11-14H2,1H3,(H,24,26)/t17-/m1/s1. The average molecular weight is 415 g/mol. The highest BCUT2D eigenvalue weighted by molar-refractivity contribution is 6.31. The van der Waals surface area contributed by atoms with Gasteiger partial charge in [0.15, 0.2) is 6.61 Å². The number of aryl methyl sites for hydroxylation is 1. The Kier molecular flexibility index (Phi) is 6.88. The van der Waals surface area contributed by atoms with Crippen LogP contribution in [0.4, 0.5) is 5.69 Å². The summed E-state index contributed by atoms with van der Waals surface area (Å²) in [6.45, 7) is 2.26.